The highest BCUT2D eigenvalue weighted by molar-refractivity contribution is 5.78. The lowest BCUT2D eigenvalue weighted by Gasteiger charge is -2.06. The van der Waals surface area contributed by atoms with Gasteiger partial charge in [-0.25, -0.2) is 4.79 Å². The average Bonchev–Trinajstić information content (AvgIpc) is 2.44. The zero-order valence-corrected chi connectivity index (χ0v) is 10.5. The van der Waals surface area contributed by atoms with Gasteiger partial charge in [-0.3, -0.25) is 9.36 Å². The number of phenolic OH excluding ortho intramolecular Hbond substituents is 1. The minimum atomic E-state index is -0.489. The first-order valence-electron chi connectivity index (χ1n) is 6.15. The number of hydrogen-bond donors (Lipinski definition) is 2. The predicted molar refractivity (Wildman–Crippen MR) is 76.0 cm³/mol. The predicted octanol–water partition coefficient (Wildman–Crippen LogP) is 1.44. The molecule has 0 atom stereocenters. The van der Waals surface area contributed by atoms with Crippen molar-refractivity contribution in [2.75, 3.05) is 0 Å². The lowest BCUT2D eigenvalue weighted by atomic mass is 10.2. The zero-order chi connectivity index (χ0) is 14.1. The summed E-state index contributed by atoms with van der Waals surface area (Å²) in [5, 5.41) is 9.76. The van der Waals surface area contributed by atoms with Gasteiger partial charge in [0.15, 0.2) is 0 Å². The monoisotopic (exact) mass is 268 g/mol. The first-order chi connectivity index (χ1) is 9.65. The third-order valence-corrected chi connectivity index (χ3v) is 3.15. The Hall–Kier alpha value is -2.82. The lowest BCUT2D eigenvalue weighted by molar-refractivity contribution is 0.476. The molecule has 5 nitrogen and oxygen atoms in total. The molecule has 20 heavy (non-hydrogen) atoms. The van der Waals surface area contributed by atoms with Gasteiger partial charge in [-0.05, 0) is 17.7 Å². The van der Waals surface area contributed by atoms with Crippen LogP contribution in [0.15, 0.2) is 58.1 Å². The normalized spacial score (nSPS) is 10.8. The van der Waals surface area contributed by atoms with Crippen molar-refractivity contribution in [3.05, 3.63) is 74.9 Å². The van der Waals surface area contributed by atoms with Gasteiger partial charge < -0.3 is 10.1 Å². The van der Waals surface area contributed by atoms with Gasteiger partial charge in [0.25, 0.3) is 5.56 Å². The third kappa shape index (κ3) is 2.09. The second-order valence-electron chi connectivity index (χ2n) is 4.54. The van der Waals surface area contributed by atoms with Crippen molar-refractivity contribution in [3.63, 3.8) is 0 Å². The van der Waals surface area contributed by atoms with Crippen LogP contribution in [0.1, 0.15) is 5.56 Å². The molecular formula is C15H12N2O3. The van der Waals surface area contributed by atoms with Crippen LogP contribution in [0.3, 0.4) is 0 Å². The molecule has 0 fully saturated rings. The molecule has 1 aromatic heterocycles. The number of nitrogens with one attached hydrogen (secondary N) is 1. The Morgan fingerprint density at radius 1 is 1.05 bits per heavy atom. The number of aromatic hydroxyl groups is 1. The number of hydrogen-bond acceptors (Lipinski definition) is 3. The standard InChI is InChI=1S/C15H12N2O3/c18-11-6-7-12-13(8-11)16-15(20)17(14(12)19)9-10-4-2-1-3-5-10/h1-8,18H,9H2,(H,16,20). The molecule has 0 saturated heterocycles. The Morgan fingerprint density at radius 2 is 1.80 bits per heavy atom. The van der Waals surface area contributed by atoms with E-state index in [-0.39, 0.29) is 17.9 Å². The second kappa shape index (κ2) is 4.70. The van der Waals surface area contributed by atoms with Gasteiger partial charge in [0.2, 0.25) is 0 Å². The maximum absolute atomic E-state index is 12.3. The molecule has 0 saturated carbocycles. The largest absolute Gasteiger partial charge is 0.508 e. The number of fused-ring (bicyclic) bond motifs is 1. The van der Waals surface area contributed by atoms with Crippen LogP contribution in [-0.4, -0.2) is 14.7 Å². The highest BCUT2D eigenvalue weighted by atomic mass is 16.3. The molecule has 0 aliphatic rings. The molecule has 0 spiro atoms. The Morgan fingerprint density at radius 3 is 2.55 bits per heavy atom. The van der Waals surface area contributed by atoms with Gasteiger partial charge in [0.1, 0.15) is 5.75 Å². The van der Waals surface area contributed by atoms with Crippen LogP contribution in [0.2, 0.25) is 0 Å². The van der Waals surface area contributed by atoms with Crippen molar-refractivity contribution in [1.29, 1.82) is 0 Å². The summed E-state index contributed by atoms with van der Waals surface area (Å²) in [7, 11) is 0. The van der Waals surface area contributed by atoms with Crippen LogP contribution in [-0.2, 0) is 6.54 Å². The minimum absolute atomic E-state index is 0.00774. The van der Waals surface area contributed by atoms with Gasteiger partial charge in [0.05, 0.1) is 17.4 Å². The van der Waals surface area contributed by atoms with Crippen LogP contribution in [0, 0.1) is 0 Å². The Bertz CT molecular complexity index is 879. The molecule has 0 amide bonds. The van der Waals surface area contributed by atoms with Crippen molar-refractivity contribution in [3.8, 4) is 5.75 Å². The fourth-order valence-electron chi connectivity index (χ4n) is 2.15. The second-order valence-corrected chi connectivity index (χ2v) is 4.54. The summed E-state index contributed by atoms with van der Waals surface area (Å²) in [5.74, 6) is 0.00774. The zero-order valence-electron chi connectivity index (χ0n) is 10.5. The molecule has 100 valence electrons. The number of rotatable bonds is 2. The van der Waals surface area contributed by atoms with Crippen LogP contribution in [0.4, 0.5) is 0 Å². The van der Waals surface area contributed by atoms with E-state index in [0.717, 1.165) is 10.1 Å². The SMILES string of the molecule is O=c1[nH]c2cc(O)ccc2c(=O)n1Cc1ccccc1. The molecule has 3 aromatic rings. The lowest BCUT2D eigenvalue weighted by Crippen LogP contribution is -2.35. The van der Waals surface area contributed by atoms with E-state index >= 15 is 0 Å². The number of aromatic nitrogens is 2. The molecular weight excluding hydrogens is 256 g/mol. The number of H-pyrrole nitrogens is 1. The van der Waals surface area contributed by atoms with Crippen molar-refractivity contribution in [2.45, 2.75) is 6.54 Å². The summed E-state index contributed by atoms with van der Waals surface area (Å²) in [6, 6.07) is 13.6. The van der Waals surface area contributed by atoms with E-state index in [4.69, 9.17) is 0 Å². The van der Waals surface area contributed by atoms with E-state index < -0.39 is 5.69 Å². The quantitative estimate of drug-likeness (QED) is 0.738. The third-order valence-electron chi connectivity index (χ3n) is 3.15. The Balaban J connectivity index is 2.19. The average molecular weight is 268 g/mol. The summed E-state index contributed by atoms with van der Waals surface area (Å²) in [4.78, 5) is 26.9. The number of benzene rings is 2. The topological polar surface area (TPSA) is 75.1 Å². The molecule has 0 aliphatic carbocycles. The van der Waals surface area contributed by atoms with E-state index in [1.165, 1.54) is 18.2 Å². The van der Waals surface area contributed by atoms with Crippen molar-refractivity contribution in [2.24, 2.45) is 0 Å². The van der Waals surface area contributed by atoms with Crippen LogP contribution < -0.4 is 11.2 Å². The molecule has 0 aliphatic heterocycles. The summed E-state index contributed by atoms with van der Waals surface area (Å²) in [6.07, 6.45) is 0. The van der Waals surface area contributed by atoms with Crippen molar-refractivity contribution < 1.29 is 5.11 Å². The number of phenols is 1. The summed E-state index contributed by atoms with van der Waals surface area (Å²) < 4.78 is 1.15. The van der Waals surface area contributed by atoms with E-state index in [1.54, 1.807) is 0 Å². The Labute approximate surface area is 113 Å². The highest BCUT2D eigenvalue weighted by Gasteiger charge is 2.08. The maximum Gasteiger partial charge on any atom is 0.329 e. The molecule has 3 rings (SSSR count). The maximum atomic E-state index is 12.3. The van der Waals surface area contributed by atoms with Crippen LogP contribution >= 0.6 is 0 Å². The Kier molecular flexibility index (Phi) is 2.87. The summed E-state index contributed by atoms with van der Waals surface area (Å²) in [6.45, 7) is 0.214. The van der Waals surface area contributed by atoms with Gasteiger partial charge in [-0.1, -0.05) is 30.3 Å². The van der Waals surface area contributed by atoms with Gasteiger partial charge in [-0.15, -0.1) is 0 Å². The molecule has 0 unspecified atom stereocenters. The molecule has 0 radical (unpaired) electrons. The van der Waals surface area contributed by atoms with Gasteiger partial charge >= 0.3 is 5.69 Å². The minimum Gasteiger partial charge on any atom is -0.508 e. The van der Waals surface area contributed by atoms with Crippen LogP contribution in [0.5, 0.6) is 5.75 Å². The van der Waals surface area contributed by atoms with E-state index in [0.29, 0.717) is 10.9 Å². The smallest absolute Gasteiger partial charge is 0.329 e. The molecule has 5 heteroatoms. The first kappa shape index (κ1) is 12.2. The molecule has 1 heterocycles. The highest BCUT2D eigenvalue weighted by Crippen LogP contribution is 2.13. The molecule has 2 N–H and O–H groups in total. The van der Waals surface area contributed by atoms with Crippen LogP contribution in [0.25, 0.3) is 10.9 Å². The molecule has 2 aromatic carbocycles. The number of aromatic amines is 1. The fourth-order valence-corrected chi connectivity index (χ4v) is 2.15. The van der Waals surface area contributed by atoms with Gasteiger partial charge in [-0.2, -0.15) is 0 Å². The van der Waals surface area contributed by atoms with Crippen molar-refractivity contribution in [1.82, 2.24) is 9.55 Å². The van der Waals surface area contributed by atoms with E-state index in [9.17, 15) is 14.7 Å². The van der Waals surface area contributed by atoms with Crippen molar-refractivity contribution >= 4 is 10.9 Å². The van der Waals surface area contributed by atoms with E-state index in [1.807, 2.05) is 30.3 Å². The van der Waals surface area contributed by atoms with Gasteiger partial charge in [0, 0.05) is 6.07 Å². The first-order valence-corrected chi connectivity index (χ1v) is 6.15. The number of nitrogens with zero attached hydrogens (tertiary/aromatic N) is 1. The fraction of sp³-hybridized carbons (Fsp3) is 0.0667. The summed E-state index contributed by atoms with van der Waals surface area (Å²) >= 11 is 0. The molecule has 0 bridgehead atoms. The van der Waals surface area contributed by atoms with E-state index in [2.05, 4.69) is 4.98 Å². The summed E-state index contributed by atoms with van der Waals surface area (Å²) in [5.41, 5.74) is 0.354.